The largest absolute Gasteiger partial charge is 0.463 e. The topological polar surface area (TPSA) is 26.3 Å². The third-order valence-corrected chi connectivity index (χ3v) is 3.06. The third kappa shape index (κ3) is 3.67. The molecule has 2 nitrogen and oxygen atoms in total. The van der Waals surface area contributed by atoms with Crippen molar-refractivity contribution in [1.29, 1.82) is 0 Å². The maximum absolute atomic E-state index is 13.4. The van der Waals surface area contributed by atoms with Gasteiger partial charge in [-0.15, -0.1) is 0 Å². The standard InChI is InChI=1S/C14H16BrFO2/c1-4-13(9(3)14(17)18-5-2)10-6-11(15)8-12(16)7-10/h6-8H,4-5H2,1-3H3/b13-9-. The van der Waals surface area contributed by atoms with Crippen LogP contribution in [0.2, 0.25) is 0 Å². The van der Waals surface area contributed by atoms with Gasteiger partial charge in [0.2, 0.25) is 0 Å². The van der Waals surface area contributed by atoms with Gasteiger partial charge in [0.25, 0.3) is 0 Å². The highest BCUT2D eigenvalue weighted by Gasteiger charge is 2.13. The van der Waals surface area contributed by atoms with Crippen molar-refractivity contribution in [2.24, 2.45) is 0 Å². The van der Waals surface area contributed by atoms with E-state index in [9.17, 15) is 9.18 Å². The zero-order chi connectivity index (χ0) is 13.7. The summed E-state index contributed by atoms with van der Waals surface area (Å²) < 4.78 is 19.0. The molecule has 98 valence electrons. The summed E-state index contributed by atoms with van der Waals surface area (Å²) >= 11 is 3.25. The van der Waals surface area contributed by atoms with Crippen molar-refractivity contribution in [3.63, 3.8) is 0 Å². The van der Waals surface area contributed by atoms with E-state index >= 15 is 0 Å². The van der Waals surface area contributed by atoms with E-state index in [1.165, 1.54) is 12.1 Å². The molecule has 1 rings (SSSR count). The van der Waals surface area contributed by atoms with E-state index < -0.39 is 0 Å². The molecule has 0 heterocycles. The van der Waals surface area contributed by atoms with Gasteiger partial charge in [-0.05, 0) is 49.6 Å². The highest BCUT2D eigenvalue weighted by atomic mass is 79.9. The lowest BCUT2D eigenvalue weighted by Gasteiger charge is -2.11. The number of rotatable bonds is 4. The smallest absolute Gasteiger partial charge is 0.333 e. The van der Waals surface area contributed by atoms with Crippen LogP contribution in [0.3, 0.4) is 0 Å². The Balaban J connectivity index is 3.23. The maximum atomic E-state index is 13.4. The Morgan fingerprint density at radius 2 is 2.00 bits per heavy atom. The fourth-order valence-electron chi connectivity index (χ4n) is 1.78. The van der Waals surface area contributed by atoms with E-state index in [0.29, 0.717) is 28.6 Å². The van der Waals surface area contributed by atoms with Crippen LogP contribution in [0.4, 0.5) is 4.39 Å². The van der Waals surface area contributed by atoms with E-state index in [-0.39, 0.29) is 11.8 Å². The highest BCUT2D eigenvalue weighted by molar-refractivity contribution is 9.10. The quantitative estimate of drug-likeness (QED) is 0.610. The molecule has 0 N–H and O–H groups in total. The Hall–Kier alpha value is -1.16. The molecule has 18 heavy (non-hydrogen) atoms. The van der Waals surface area contributed by atoms with Gasteiger partial charge in [0.05, 0.1) is 6.61 Å². The van der Waals surface area contributed by atoms with Crippen molar-refractivity contribution in [3.05, 3.63) is 39.6 Å². The van der Waals surface area contributed by atoms with Crippen LogP contribution in [0.5, 0.6) is 0 Å². The first-order chi connectivity index (χ1) is 8.49. The first-order valence-corrected chi connectivity index (χ1v) is 6.62. The highest BCUT2D eigenvalue weighted by Crippen LogP contribution is 2.26. The fourth-order valence-corrected chi connectivity index (χ4v) is 2.24. The van der Waals surface area contributed by atoms with E-state index in [0.717, 1.165) is 5.57 Å². The number of hydrogen-bond acceptors (Lipinski definition) is 2. The number of hydrogen-bond donors (Lipinski definition) is 0. The van der Waals surface area contributed by atoms with Crippen molar-refractivity contribution in [2.75, 3.05) is 6.61 Å². The SMILES string of the molecule is CCOC(=O)/C(C)=C(/CC)c1cc(F)cc(Br)c1. The molecule has 0 saturated heterocycles. The Morgan fingerprint density at radius 1 is 1.33 bits per heavy atom. The first-order valence-electron chi connectivity index (χ1n) is 5.82. The van der Waals surface area contributed by atoms with Gasteiger partial charge in [0, 0.05) is 10.0 Å². The zero-order valence-corrected chi connectivity index (χ0v) is 12.3. The molecule has 0 bridgehead atoms. The molecule has 0 unspecified atom stereocenters. The minimum absolute atomic E-state index is 0.331. The van der Waals surface area contributed by atoms with Gasteiger partial charge in [0.1, 0.15) is 5.82 Å². The van der Waals surface area contributed by atoms with Gasteiger partial charge in [-0.3, -0.25) is 0 Å². The van der Waals surface area contributed by atoms with Crippen molar-refractivity contribution in [1.82, 2.24) is 0 Å². The summed E-state index contributed by atoms with van der Waals surface area (Å²) in [6.07, 6.45) is 0.639. The number of carbonyl (C=O) groups excluding carboxylic acids is 1. The van der Waals surface area contributed by atoms with Gasteiger partial charge in [-0.2, -0.15) is 0 Å². The molecule has 0 saturated carbocycles. The number of carbonyl (C=O) groups is 1. The average molecular weight is 315 g/mol. The fraction of sp³-hybridized carbons (Fsp3) is 0.357. The van der Waals surface area contributed by atoms with E-state index in [2.05, 4.69) is 15.9 Å². The van der Waals surface area contributed by atoms with Crippen molar-refractivity contribution < 1.29 is 13.9 Å². The van der Waals surface area contributed by atoms with Crippen LogP contribution in [0.15, 0.2) is 28.2 Å². The molecule has 0 radical (unpaired) electrons. The molecule has 0 aromatic heterocycles. The first kappa shape index (κ1) is 14.9. The van der Waals surface area contributed by atoms with Gasteiger partial charge in [-0.25, -0.2) is 9.18 Å². The molecule has 0 fully saturated rings. The average Bonchev–Trinajstić information content (AvgIpc) is 2.28. The number of halogens is 2. The van der Waals surface area contributed by atoms with Crippen LogP contribution in [-0.4, -0.2) is 12.6 Å². The Morgan fingerprint density at radius 3 is 2.50 bits per heavy atom. The van der Waals surface area contributed by atoms with Crippen molar-refractivity contribution >= 4 is 27.5 Å². The summed E-state index contributed by atoms with van der Waals surface area (Å²) in [5.41, 5.74) is 2.03. The molecular formula is C14H16BrFO2. The van der Waals surface area contributed by atoms with Crippen LogP contribution in [0.1, 0.15) is 32.8 Å². The molecule has 0 aliphatic carbocycles. The minimum Gasteiger partial charge on any atom is -0.463 e. The Kier molecular flexibility index (Phi) is 5.54. The molecule has 0 spiro atoms. The predicted molar refractivity (Wildman–Crippen MR) is 73.6 cm³/mol. The second-order valence-electron chi connectivity index (χ2n) is 3.84. The van der Waals surface area contributed by atoms with Crippen LogP contribution in [0.25, 0.3) is 5.57 Å². The molecule has 0 aliphatic heterocycles. The molecule has 0 amide bonds. The van der Waals surface area contributed by atoms with Crippen molar-refractivity contribution in [3.8, 4) is 0 Å². The Bertz CT molecular complexity index is 460. The summed E-state index contributed by atoms with van der Waals surface area (Å²) in [7, 11) is 0. The summed E-state index contributed by atoms with van der Waals surface area (Å²) in [5.74, 6) is -0.684. The lowest BCUT2D eigenvalue weighted by molar-refractivity contribution is -0.138. The monoisotopic (exact) mass is 314 g/mol. The third-order valence-electron chi connectivity index (χ3n) is 2.60. The number of esters is 1. The molecule has 0 atom stereocenters. The molecule has 1 aromatic carbocycles. The summed E-state index contributed by atoms with van der Waals surface area (Å²) in [6.45, 7) is 5.72. The van der Waals surface area contributed by atoms with Crippen LogP contribution in [-0.2, 0) is 9.53 Å². The molecule has 0 aliphatic rings. The van der Waals surface area contributed by atoms with E-state index in [4.69, 9.17) is 4.74 Å². The lowest BCUT2D eigenvalue weighted by atomic mass is 9.98. The summed E-state index contributed by atoms with van der Waals surface area (Å²) in [6, 6.07) is 4.60. The number of benzene rings is 1. The van der Waals surface area contributed by atoms with E-state index in [1.807, 2.05) is 6.92 Å². The summed E-state index contributed by atoms with van der Waals surface area (Å²) in [4.78, 5) is 11.7. The summed E-state index contributed by atoms with van der Waals surface area (Å²) in [5, 5.41) is 0. The van der Waals surface area contributed by atoms with Gasteiger partial charge in [0.15, 0.2) is 0 Å². The second kappa shape index (κ2) is 6.69. The normalized spacial score (nSPS) is 12.1. The number of allylic oxidation sites excluding steroid dienone is 1. The van der Waals surface area contributed by atoms with Crippen LogP contribution in [0, 0.1) is 5.82 Å². The molecule has 4 heteroatoms. The van der Waals surface area contributed by atoms with Gasteiger partial charge in [-0.1, -0.05) is 22.9 Å². The number of ether oxygens (including phenoxy) is 1. The second-order valence-corrected chi connectivity index (χ2v) is 4.75. The van der Waals surface area contributed by atoms with Crippen LogP contribution < -0.4 is 0 Å². The van der Waals surface area contributed by atoms with Gasteiger partial charge < -0.3 is 4.74 Å². The maximum Gasteiger partial charge on any atom is 0.333 e. The molecule has 1 aromatic rings. The minimum atomic E-state index is -0.352. The van der Waals surface area contributed by atoms with Crippen molar-refractivity contribution in [2.45, 2.75) is 27.2 Å². The van der Waals surface area contributed by atoms with E-state index in [1.54, 1.807) is 19.9 Å². The van der Waals surface area contributed by atoms with Gasteiger partial charge >= 0.3 is 5.97 Å². The molecular weight excluding hydrogens is 299 g/mol. The van der Waals surface area contributed by atoms with Crippen LogP contribution >= 0.6 is 15.9 Å². The lowest BCUT2D eigenvalue weighted by Crippen LogP contribution is -2.07. The zero-order valence-electron chi connectivity index (χ0n) is 10.7. The predicted octanol–water partition coefficient (Wildman–Crippen LogP) is 4.33. The Labute approximate surface area is 115 Å².